The van der Waals surface area contributed by atoms with Crippen molar-refractivity contribution < 1.29 is 5.82 Å². The quantitative estimate of drug-likeness (QED) is 0.752. The van der Waals surface area contributed by atoms with Crippen LogP contribution in [0.1, 0.15) is 1.43 Å². The SMILES string of the molecule is CNc1ccn2cc(-c3ccc(NCCF)cc3)nc2c1.[HH]. The van der Waals surface area contributed by atoms with E-state index in [-0.39, 0.29) is 8.10 Å². The zero-order valence-electron chi connectivity index (χ0n) is 11.8. The number of fused-ring (bicyclic) bond motifs is 1. The lowest BCUT2D eigenvalue weighted by molar-refractivity contribution is 0.513. The average Bonchev–Trinajstić information content (AvgIpc) is 2.96. The summed E-state index contributed by atoms with van der Waals surface area (Å²) in [7, 11) is 1.89. The van der Waals surface area contributed by atoms with E-state index in [9.17, 15) is 4.39 Å². The minimum atomic E-state index is -0.373. The highest BCUT2D eigenvalue weighted by Crippen LogP contribution is 2.22. The molecule has 0 spiro atoms. The van der Waals surface area contributed by atoms with E-state index in [4.69, 9.17) is 0 Å². The van der Waals surface area contributed by atoms with E-state index in [1.165, 1.54) is 0 Å². The summed E-state index contributed by atoms with van der Waals surface area (Å²) in [6.07, 6.45) is 3.98. The van der Waals surface area contributed by atoms with Crippen molar-refractivity contribution in [3.8, 4) is 11.3 Å². The number of hydrogen-bond donors (Lipinski definition) is 2. The Morgan fingerprint density at radius 3 is 2.71 bits per heavy atom. The number of aromatic nitrogens is 2. The van der Waals surface area contributed by atoms with Crippen molar-refractivity contribution in [2.45, 2.75) is 0 Å². The Morgan fingerprint density at radius 1 is 1.19 bits per heavy atom. The van der Waals surface area contributed by atoms with E-state index < -0.39 is 0 Å². The Hall–Kier alpha value is -2.56. The average molecular weight is 286 g/mol. The summed E-state index contributed by atoms with van der Waals surface area (Å²) in [4.78, 5) is 4.63. The summed E-state index contributed by atoms with van der Waals surface area (Å²) in [6, 6.07) is 11.9. The lowest BCUT2D eigenvalue weighted by Gasteiger charge is -2.04. The molecule has 3 rings (SSSR count). The number of hydrogen-bond acceptors (Lipinski definition) is 3. The van der Waals surface area contributed by atoms with Crippen molar-refractivity contribution in [3.63, 3.8) is 0 Å². The van der Waals surface area contributed by atoms with Crippen LogP contribution in [0.25, 0.3) is 16.9 Å². The summed E-state index contributed by atoms with van der Waals surface area (Å²) in [5.74, 6) is 0. The van der Waals surface area contributed by atoms with E-state index in [1.807, 2.05) is 60.2 Å². The normalized spacial score (nSPS) is 10.8. The Labute approximate surface area is 124 Å². The zero-order valence-corrected chi connectivity index (χ0v) is 11.8. The number of nitrogens with zero attached hydrogens (tertiary/aromatic N) is 2. The number of pyridine rings is 1. The van der Waals surface area contributed by atoms with Crippen LogP contribution in [0, 0.1) is 0 Å². The van der Waals surface area contributed by atoms with Gasteiger partial charge in [-0.25, -0.2) is 9.37 Å². The van der Waals surface area contributed by atoms with Crippen LogP contribution in [0.5, 0.6) is 0 Å². The number of nitrogens with one attached hydrogen (secondary N) is 2. The molecule has 0 atom stereocenters. The Balaban J connectivity index is 0.00000176. The predicted molar refractivity (Wildman–Crippen MR) is 86.8 cm³/mol. The van der Waals surface area contributed by atoms with Crippen molar-refractivity contribution in [2.75, 3.05) is 30.9 Å². The van der Waals surface area contributed by atoms with Crippen LogP contribution < -0.4 is 10.6 Å². The molecule has 2 N–H and O–H groups in total. The van der Waals surface area contributed by atoms with Gasteiger partial charge in [-0.05, 0) is 18.2 Å². The zero-order chi connectivity index (χ0) is 14.7. The third-order valence-electron chi connectivity index (χ3n) is 3.35. The van der Waals surface area contributed by atoms with Gasteiger partial charge in [0.1, 0.15) is 12.3 Å². The third-order valence-corrected chi connectivity index (χ3v) is 3.35. The van der Waals surface area contributed by atoms with E-state index in [1.54, 1.807) is 0 Å². The van der Waals surface area contributed by atoms with Gasteiger partial charge in [0.25, 0.3) is 0 Å². The summed E-state index contributed by atoms with van der Waals surface area (Å²) < 4.78 is 14.1. The fourth-order valence-electron chi connectivity index (χ4n) is 2.23. The molecule has 0 bridgehead atoms. The standard InChI is InChI=1S/C16H17FN4.H2/c1-18-14-6-9-21-11-15(20-16(21)10-14)12-2-4-13(5-3-12)19-8-7-17;/h2-6,9-11,18-19H,7-8H2,1H3;1H. The maximum atomic E-state index is 12.1. The van der Waals surface area contributed by atoms with Crippen molar-refractivity contribution in [1.82, 2.24) is 9.38 Å². The Kier molecular flexibility index (Phi) is 3.73. The van der Waals surface area contributed by atoms with Gasteiger partial charge in [-0.2, -0.15) is 0 Å². The van der Waals surface area contributed by atoms with Crippen LogP contribution in [-0.4, -0.2) is 29.7 Å². The van der Waals surface area contributed by atoms with Crippen LogP contribution in [0.4, 0.5) is 15.8 Å². The molecule has 3 aromatic rings. The van der Waals surface area contributed by atoms with E-state index in [2.05, 4.69) is 15.6 Å². The smallest absolute Gasteiger partial charge is 0.139 e. The summed E-state index contributed by atoms with van der Waals surface area (Å²) in [5, 5.41) is 6.11. The highest BCUT2D eigenvalue weighted by atomic mass is 19.1. The molecule has 5 heteroatoms. The molecule has 0 saturated carbocycles. The number of halogens is 1. The molecular weight excluding hydrogens is 267 g/mol. The Morgan fingerprint density at radius 2 is 2.00 bits per heavy atom. The summed E-state index contributed by atoms with van der Waals surface area (Å²) in [6.45, 7) is -0.0392. The van der Waals surface area contributed by atoms with E-state index in [0.717, 1.165) is 28.3 Å². The van der Waals surface area contributed by atoms with Gasteiger partial charge in [-0.1, -0.05) is 12.1 Å². The van der Waals surface area contributed by atoms with Crippen LogP contribution >= 0.6 is 0 Å². The van der Waals surface area contributed by atoms with Gasteiger partial charge in [0.15, 0.2) is 0 Å². The monoisotopic (exact) mass is 286 g/mol. The van der Waals surface area contributed by atoms with Gasteiger partial charge in [0, 0.05) is 50.4 Å². The number of rotatable bonds is 5. The maximum absolute atomic E-state index is 12.1. The summed E-state index contributed by atoms with van der Waals surface area (Å²) >= 11 is 0. The molecule has 0 aliphatic carbocycles. The molecule has 0 radical (unpaired) electrons. The lowest BCUT2D eigenvalue weighted by atomic mass is 10.1. The van der Waals surface area contributed by atoms with Gasteiger partial charge < -0.3 is 15.0 Å². The topological polar surface area (TPSA) is 41.4 Å². The second kappa shape index (κ2) is 5.83. The number of benzene rings is 1. The molecule has 0 unspecified atom stereocenters. The van der Waals surface area contributed by atoms with Crippen LogP contribution in [-0.2, 0) is 0 Å². The van der Waals surface area contributed by atoms with Gasteiger partial charge in [-0.15, -0.1) is 0 Å². The first kappa shape index (κ1) is 13.4. The van der Waals surface area contributed by atoms with E-state index >= 15 is 0 Å². The molecule has 0 aliphatic rings. The van der Waals surface area contributed by atoms with Crippen molar-refractivity contribution in [3.05, 3.63) is 48.8 Å². The molecule has 0 amide bonds. The van der Waals surface area contributed by atoms with Gasteiger partial charge >= 0.3 is 0 Å². The predicted octanol–water partition coefficient (Wildman–Crippen LogP) is 3.67. The van der Waals surface area contributed by atoms with Gasteiger partial charge in [0.05, 0.1) is 5.69 Å². The first-order valence-corrected chi connectivity index (χ1v) is 6.87. The minimum absolute atomic E-state index is 0. The lowest BCUT2D eigenvalue weighted by Crippen LogP contribution is -2.02. The molecule has 0 fully saturated rings. The minimum Gasteiger partial charge on any atom is -0.388 e. The second-order valence-electron chi connectivity index (χ2n) is 4.75. The van der Waals surface area contributed by atoms with Crippen molar-refractivity contribution >= 4 is 17.0 Å². The molecule has 21 heavy (non-hydrogen) atoms. The molecule has 0 saturated heterocycles. The van der Waals surface area contributed by atoms with Crippen LogP contribution in [0.3, 0.4) is 0 Å². The molecule has 4 nitrogen and oxygen atoms in total. The molecular formula is C16H19FN4. The largest absolute Gasteiger partial charge is 0.388 e. The van der Waals surface area contributed by atoms with Crippen LogP contribution in [0.2, 0.25) is 0 Å². The van der Waals surface area contributed by atoms with Crippen LogP contribution in [0.15, 0.2) is 48.8 Å². The number of imidazole rings is 1. The van der Waals surface area contributed by atoms with Gasteiger partial charge in [0.2, 0.25) is 0 Å². The summed E-state index contributed by atoms with van der Waals surface area (Å²) in [5.41, 5.74) is 4.80. The van der Waals surface area contributed by atoms with Crippen molar-refractivity contribution in [2.24, 2.45) is 0 Å². The molecule has 2 heterocycles. The fourth-order valence-corrected chi connectivity index (χ4v) is 2.23. The first-order valence-electron chi connectivity index (χ1n) is 6.87. The highest BCUT2D eigenvalue weighted by Gasteiger charge is 2.05. The second-order valence-corrected chi connectivity index (χ2v) is 4.75. The molecule has 0 aliphatic heterocycles. The molecule has 2 aromatic heterocycles. The highest BCUT2D eigenvalue weighted by molar-refractivity contribution is 5.66. The van der Waals surface area contributed by atoms with E-state index in [0.29, 0.717) is 6.54 Å². The number of anilines is 2. The fraction of sp³-hybridized carbons (Fsp3) is 0.188. The number of alkyl halides is 1. The van der Waals surface area contributed by atoms with Gasteiger partial charge in [-0.3, -0.25) is 0 Å². The maximum Gasteiger partial charge on any atom is 0.139 e. The molecule has 1 aromatic carbocycles. The third kappa shape index (κ3) is 2.81. The Bertz CT molecular complexity index is 739. The van der Waals surface area contributed by atoms with Crippen molar-refractivity contribution in [1.29, 1.82) is 0 Å². The first-order chi connectivity index (χ1) is 10.3. The molecule has 110 valence electrons.